The van der Waals surface area contributed by atoms with Crippen molar-refractivity contribution < 1.29 is 4.79 Å². The Balaban J connectivity index is 1.64. The van der Waals surface area contributed by atoms with Crippen molar-refractivity contribution in [2.45, 2.75) is 25.4 Å². The van der Waals surface area contributed by atoms with Crippen LogP contribution in [0.1, 0.15) is 39.9 Å². The molecule has 1 aliphatic heterocycles. The molecule has 7 heteroatoms. The molecule has 27 heavy (non-hydrogen) atoms. The first-order valence-electron chi connectivity index (χ1n) is 9.09. The lowest BCUT2D eigenvalue weighted by Gasteiger charge is -2.23. The highest BCUT2D eigenvalue weighted by Gasteiger charge is 2.28. The van der Waals surface area contributed by atoms with Crippen LogP contribution >= 0.6 is 11.3 Å². The smallest absolute Gasteiger partial charge is 0.265 e. The molecule has 3 aromatic heterocycles. The van der Waals surface area contributed by atoms with Crippen LogP contribution in [0.5, 0.6) is 0 Å². The van der Waals surface area contributed by atoms with Crippen LogP contribution in [0.2, 0.25) is 0 Å². The Morgan fingerprint density at radius 3 is 2.93 bits per heavy atom. The monoisotopic (exact) mass is 381 g/mol. The Morgan fingerprint density at radius 1 is 1.33 bits per heavy atom. The summed E-state index contributed by atoms with van der Waals surface area (Å²) in [7, 11) is 3.47. The predicted molar refractivity (Wildman–Crippen MR) is 109 cm³/mol. The van der Waals surface area contributed by atoms with Crippen LogP contribution in [0.4, 0.5) is 5.69 Å². The number of nitrogens with two attached hydrogens (primary N) is 1. The van der Waals surface area contributed by atoms with E-state index in [1.54, 1.807) is 19.0 Å². The van der Waals surface area contributed by atoms with Gasteiger partial charge in [-0.25, -0.2) is 4.98 Å². The van der Waals surface area contributed by atoms with E-state index in [0.717, 1.165) is 47.5 Å². The lowest BCUT2D eigenvalue weighted by atomic mass is 10.1. The molecule has 0 bridgehead atoms. The molecule has 1 aliphatic rings. The van der Waals surface area contributed by atoms with Crippen LogP contribution in [0.25, 0.3) is 10.2 Å². The van der Waals surface area contributed by atoms with Crippen molar-refractivity contribution in [3.63, 3.8) is 0 Å². The second-order valence-corrected chi connectivity index (χ2v) is 8.08. The molecule has 2 N–H and O–H groups in total. The number of nitrogen functional groups attached to an aromatic ring is 1. The van der Waals surface area contributed by atoms with Gasteiger partial charge in [0, 0.05) is 32.2 Å². The largest absolute Gasteiger partial charge is 0.397 e. The Hall–Kier alpha value is -2.51. The van der Waals surface area contributed by atoms with E-state index < -0.39 is 0 Å². The van der Waals surface area contributed by atoms with Gasteiger partial charge in [-0.15, -0.1) is 11.3 Å². The maximum atomic E-state index is 12.3. The summed E-state index contributed by atoms with van der Waals surface area (Å²) >= 11 is 1.38. The number of aromatic nitrogens is 2. The summed E-state index contributed by atoms with van der Waals surface area (Å²) in [6.45, 7) is 1.86. The van der Waals surface area contributed by atoms with E-state index in [9.17, 15) is 4.79 Å². The van der Waals surface area contributed by atoms with E-state index in [1.165, 1.54) is 11.3 Å². The number of amides is 1. The topological polar surface area (TPSA) is 75.4 Å². The fourth-order valence-electron chi connectivity index (χ4n) is 3.61. The van der Waals surface area contributed by atoms with Gasteiger partial charge in [0.25, 0.3) is 5.91 Å². The third kappa shape index (κ3) is 3.40. The summed E-state index contributed by atoms with van der Waals surface area (Å²) in [6, 6.07) is 10.4. The standard InChI is InChI=1S/C20H23N5OS/c1-24(2)20(26)18-17(21)14-8-9-15(23-19(14)27-18)16-7-5-11-25(16)12-13-6-3-4-10-22-13/h3-4,6,8-10,16H,5,7,11-12,21H2,1-2H3. The quantitative estimate of drug-likeness (QED) is 0.750. The highest BCUT2D eigenvalue weighted by atomic mass is 32.1. The molecule has 6 nitrogen and oxygen atoms in total. The van der Waals surface area contributed by atoms with Crippen LogP contribution in [-0.2, 0) is 6.54 Å². The first-order chi connectivity index (χ1) is 13.0. The summed E-state index contributed by atoms with van der Waals surface area (Å²) in [5.41, 5.74) is 8.86. The van der Waals surface area contributed by atoms with E-state index in [2.05, 4.69) is 22.0 Å². The van der Waals surface area contributed by atoms with Crippen LogP contribution in [0.3, 0.4) is 0 Å². The van der Waals surface area contributed by atoms with Gasteiger partial charge < -0.3 is 10.6 Å². The number of carbonyl (C=O) groups excluding carboxylic acids is 1. The highest BCUT2D eigenvalue weighted by molar-refractivity contribution is 7.21. The maximum Gasteiger partial charge on any atom is 0.265 e. The maximum absolute atomic E-state index is 12.3. The van der Waals surface area contributed by atoms with E-state index in [4.69, 9.17) is 10.7 Å². The van der Waals surface area contributed by atoms with Gasteiger partial charge in [-0.05, 0) is 43.7 Å². The van der Waals surface area contributed by atoms with Gasteiger partial charge in [-0.1, -0.05) is 6.07 Å². The Bertz CT molecular complexity index is 969. The lowest BCUT2D eigenvalue weighted by molar-refractivity contribution is 0.0833. The normalized spacial score (nSPS) is 17.5. The van der Waals surface area contributed by atoms with Gasteiger partial charge in [-0.2, -0.15) is 0 Å². The summed E-state index contributed by atoms with van der Waals surface area (Å²) in [6.07, 6.45) is 4.06. The fourth-order valence-corrected chi connectivity index (χ4v) is 4.73. The zero-order valence-electron chi connectivity index (χ0n) is 15.6. The van der Waals surface area contributed by atoms with E-state index in [-0.39, 0.29) is 11.9 Å². The van der Waals surface area contributed by atoms with Crippen molar-refractivity contribution in [1.82, 2.24) is 19.8 Å². The number of carbonyl (C=O) groups is 1. The molecule has 0 spiro atoms. The molecule has 3 aromatic rings. The summed E-state index contributed by atoms with van der Waals surface area (Å²) in [5, 5.41) is 0.864. The Labute approximate surface area is 162 Å². The fraction of sp³-hybridized carbons (Fsp3) is 0.350. The van der Waals surface area contributed by atoms with Gasteiger partial charge in [-0.3, -0.25) is 14.7 Å². The van der Waals surface area contributed by atoms with Gasteiger partial charge in [0.1, 0.15) is 9.71 Å². The molecule has 0 radical (unpaired) electrons. The summed E-state index contributed by atoms with van der Waals surface area (Å²) in [4.78, 5) is 27.1. The number of anilines is 1. The van der Waals surface area contributed by atoms with Crippen molar-refractivity contribution >= 4 is 33.1 Å². The second-order valence-electron chi connectivity index (χ2n) is 7.08. The van der Waals surface area contributed by atoms with Crippen LogP contribution in [-0.4, -0.2) is 46.3 Å². The minimum Gasteiger partial charge on any atom is -0.397 e. The first kappa shape index (κ1) is 17.9. The third-order valence-electron chi connectivity index (χ3n) is 5.01. The first-order valence-corrected chi connectivity index (χ1v) is 9.91. The number of nitrogens with zero attached hydrogens (tertiary/aromatic N) is 4. The zero-order chi connectivity index (χ0) is 19.0. The number of hydrogen-bond donors (Lipinski definition) is 1. The number of likely N-dealkylation sites (tertiary alicyclic amines) is 1. The lowest BCUT2D eigenvalue weighted by Crippen LogP contribution is -2.23. The molecular weight excluding hydrogens is 358 g/mol. The average Bonchev–Trinajstić information content (AvgIpc) is 3.26. The molecule has 1 unspecified atom stereocenters. The zero-order valence-corrected chi connectivity index (χ0v) is 16.4. The molecule has 0 aliphatic carbocycles. The van der Waals surface area contributed by atoms with E-state index in [0.29, 0.717) is 10.6 Å². The number of pyridine rings is 2. The van der Waals surface area contributed by atoms with E-state index in [1.807, 2.05) is 24.4 Å². The van der Waals surface area contributed by atoms with Gasteiger partial charge in [0.15, 0.2) is 0 Å². The molecular formula is C20H23N5OS. The van der Waals surface area contributed by atoms with E-state index >= 15 is 0 Å². The molecule has 4 heterocycles. The molecule has 1 saturated heterocycles. The summed E-state index contributed by atoms with van der Waals surface area (Å²) in [5.74, 6) is -0.0744. The van der Waals surface area contributed by atoms with Crippen molar-refractivity contribution in [3.8, 4) is 0 Å². The Kier molecular flexibility index (Phi) is 4.80. The predicted octanol–water partition coefficient (Wildman–Crippen LogP) is 3.31. The van der Waals surface area contributed by atoms with Gasteiger partial charge in [0.2, 0.25) is 0 Å². The second kappa shape index (κ2) is 7.25. The summed E-state index contributed by atoms with van der Waals surface area (Å²) < 4.78 is 0. The minimum absolute atomic E-state index is 0.0744. The van der Waals surface area contributed by atoms with Crippen molar-refractivity contribution in [2.24, 2.45) is 0 Å². The molecule has 0 aromatic carbocycles. The Morgan fingerprint density at radius 2 is 2.19 bits per heavy atom. The van der Waals surface area contributed by atoms with Crippen LogP contribution in [0.15, 0.2) is 36.5 Å². The van der Waals surface area contributed by atoms with Crippen LogP contribution in [0, 0.1) is 0 Å². The van der Waals surface area contributed by atoms with Gasteiger partial charge >= 0.3 is 0 Å². The highest BCUT2D eigenvalue weighted by Crippen LogP contribution is 2.37. The number of hydrogen-bond acceptors (Lipinski definition) is 6. The molecule has 4 rings (SSSR count). The van der Waals surface area contributed by atoms with Crippen molar-refractivity contribution in [3.05, 3.63) is 52.8 Å². The number of thiophene rings is 1. The van der Waals surface area contributed by atoms with Crippen molar-refractivity contribution in [1.29, 1.82) is 0 Å². The molecule has 1 atom stereocenters. The van der Waals surface area contributed by atoms with Gasteiger partial charge in [0.05, 0.1) is 23.1 Å². The molecule has 1 fully saturated rings. The number of fused-ring (bicyclic) bond motifs is 1. The van der Waals surface area contributed by atoms with Crippen molar-refractivity contribution in [2.75, 3.05) is 26.4 Å². The van der Waals surface area contributed by atoms with Crippen LogP contribution < -0.4 is 5.73 Å². The molecule has 1 amide bonds. The molecule has 140 valence electrons. The third-order valence-corrected chi connectivity index (χ3v) is 6.12. The SMILES string of the molecule is CN(C)C(=O)c1sc2nc(C3CCCN3Cc3ccccn3)ccc2c1N. The average molecular weight is 382 g/mol. The molecule has 0 saturated carbocycles. The number of rotatable bonds is 4. The minimum atomic E-state index is -0.0744.